The van der Waals surface area contributed by atoms with Gasteiger partial charge in [-0.3, -0.25) is 0 Å². The minimum absolute atomic E-state index is 0.416. The Hall–Kier alpha value is -0.900. The number of hydrogen-bond acceptors (Lipinski definition) is 3. The second-order valence-corrected chi connectivity index (χ2v) is 5.74. The smallest absolute Gasteiger partial charge is 0.0588 e. The van der Waals surface area contributed by atoms with Crippen LogP contribution >= 0.6 is 0 Å². The van der Waals surface area contributed by atoms with Gasteiger partial charge in [-0.05, 0) is 43.4 Å². The molecule has 2 N–H and O–H groups in total. The van der Waals surface area contributed by atoms with Gasteiger partial charge in [0, 0.05) is 25.7 Å². The van der Waals surface area contributed by atoms with Gasteiger partial charge < -0.3 is 15.4 Å². The normalized spacial score (nSPS) is 30.3. The second kappa shape index (κ2) is 6.04. The fraction of sp³-hybridized carbons (Fsp3) is 0.625. The number of benzene rings is 1. The average Bonchev–Trinajstić information content (AvgIpc) is 2.85. The van der Waals surface area contributed by atoms with Gasteiger partial charge in [0.2, 0.25) is 0 Å². The molecule has 1 fully saturated rings. The molecule has 0 saturated carbocycles. The monoisotopic (exact) mass is 260 g/mol. The SMILES string of the molecule is CC1OCCC1CNCC1NCCc2ccccc21. The van der Waals surface area contributed by atoms with Crippen molar-refractivity contribution in [1.82, 2.24) is 10.6 Å². The Bertz CT molecular complexity index is 421. The van der Waals surface area contributed by atoms with Gasteiger partial charge in [0.05, 0.1) is 6.10 Å². The van der Waals surface area contributed by atoms with Crippen LogP contribution in [0.1, 0.15) is 30.5 Å². The summed E-state index contributed by atoms with van der Waals surface area (Å²) in [5, 5.41) is 7.24. The van der Waals surface area contributed by atoms with E-state index >= 15 is 0 Å². The van der Waals surface area contributed by atoms with E-state index in [1.54, 1.807) is 0 Å². The van der Waals surface area contributed by atoms with Gasteiger partial charge in [0.15, 0.2) is 0 Å². The molecule has 3 atom stereocenters. The summed E-state index contributed by atoms with van der Waals surface area (Å²) in [7, 11) is 0. The molecule has 2 aliphatic heterocycles. The first-order chi connectivity index (χ1) is 9.34. The number of rotatable bonds is 4. The Morgan fingerprint density at radius 2 is 2.21 bits per heavy atom. The van der Waals surface area contributed by atoms with Gasteiger partial charge in [0.1, 0.15) is 0 Å². The zero-order valence-electron chi connectivity index (χ0n) is 11.7. The summed E-state index contributed by atoms with van der Waals surface area (Å²) < 4.78 is 5.61. The van der Waals surface area contributed by atoms with Gasteiger partial charge in [-0.1, -0.05) is 24.3 Å². The van der Waals surface area contributed by atoms with Crippen molar-refractivity contribution >= 4 is 0 Å². The Kier molecular flexibility index (Phi) is 4.16. The van der Waals surface area contributed by atoms with Crippen LogP contribution in [0, 0.1) is 5.92 Å². The molecule has 0 amide bonds. The van der Waals surface area contributed by atoms with Crippen molar-refractivity contribution in [3.05, 3.63) is 35.4 Å². The summed E-state index contributed by atoms with van der Waals surface area (Å²) in [6.45, 7) is 6.29. The van der Waals surface area contributed by atoms with E-state index < -0.39 is 0 Å². The molecule has 0 bridgehead atoms. The van der Waals surface area contributed by atoms with E-state index in [1.807, 2.05) is 0 Å². The highest BCUT2D eigenvalue weighted by atomic mass is 16.5. The third kappa shape index (κ3) is 2.99. The maximum atomic E-state index is 5.61. The maximum absolute atomic E-state index is 5.61. The molecule has 0 aromatic heterocycles. The number of ether oxygens (including phenoxy) is 1. The summed E-state index contributed by atoms with van der Waals surface area (Å²) in [4.78, 5) is 0. The zero-order valence-corrected chi connectivity index (χ0v) is 11.7. The molecule has 3 unspecified atom stereocenters. The van der Waals surface area contributed by atoms with Crippen molar-refractivity contribution in [2.24, 2.45) is 5.92 Å². The molecular formula is C16H24N2O. The minimum Gasteiger partial charge on any atom is -0.378 e. The van der Waals surface area contributed by atoms with Crippen LogP contribution in [-0.2, 0) is 11.2 Å². The fourth-order valence-electron chi connectivity index (χ4n) is 3.23. The highest BCUT2D eigenvalue weighted by Gasteiger charge is 2.24. The maximum Gasteiger partial charge on any atom is 0.0588 e. The van der Waals surface area contributed by atoms with E-state index in [0.29, 0.717) is 18.1 Å². The predicted molar refractivity (Wildman–Crippen MR) is 77.3 cm³/mol. The lowest BCUT2D eigenvalue weighted by Crippen LogP contribution is -2.38. The third-order valence-corrected chi connectivity index (χ3v) is 4.50. The van der Waals surface area contributed by atoms with Crippen LogP contribution in [-0.4, -0.2) is 32.3 Å². The highest BCUT2D eigenvalue weighted by Crippen LogP contribution is 2.23. The van der Waals surface area contributed by atoms with Crippen LogP contribution in [0.4, 0.5) is 0 Å². The molecule has 3 nitrogen and oxygen atoms in total. The summed E-state index contributed by atoms with van der Waals surface area (Å²) in [5.74, 6) is 0.679. The first kappa shape index (κ1) is 13.1. The van der Waals surface area contributed by atoms with Gasteiger partial charge in [-0.25, -0.2) is 0 Å². The van der Waals surface area contributed by atoms with Gasteiger partial charge >= 0.3 is 0 Å². The molecule has 3 rings (SSSR count). The van der Waals surface area contributed by atoms with Crippen LogP contribution in [0.2, 0.25) is 0 Å². The van der Waals surface area contributed by atoms with Crippen LogP contribution in [0.15, 0.2) is 24.3 Å². The molecule has 1 aromatic rings. The molecule has 3 heteroatoms. The Morgan fingerprint density at radius 1 is 1.32 bits per heavy atom. The van der Waals surface area contributed by atoms with Crippen molar-refractivity contribution in [1.29, 1.82) is 0 Å². The second-order valence-electron chi connectivity index (χ2n) is 5.74. The number of fused-ring (bicyclic) bond motifs is 1. The Balaban J connectivity index is 1.53. The molecule has 0 radical (unpaired) electrons. The topological polar surface area (TPSA) is 33.3 Å². The summed E-state index contributed by atoms with van der Waals surface area (Å²) in [6, 6.07) is 9.27. The quantitative estimate of drug-likeness (QED) is 0.867. The van der Waals surface area contributed by atoms with E-state index in [-0.39, 0.29) is 0 Å². The standard InChI is InChI=1S/C16H24N2O/c1-12-14(7-9-19-12)10-17-11-16-15-5-3-2-4-13(15)6-8-18-16/h2-5,12,14,16-18H,6-11H2,1H3. The predicted octanol–water partition coefficient (Wildman–Crippen LogP) is 1.89. The van der Waals surface area contributed by atoms with Crippen molar-refractivity contribution in [2.45, 2.75) is 31.9 Å². The molecule has 104 valence electrons. The molecule has 1 saturated heterocycles. The largest absolute Gasteiger partial charge is 0.378 e. The lowest BCUT2D eigenvalue weighted by Gasteiger charge is -2.28. The van der Waals surface area contributed by atoms with Crippen molar-refractivity contribution in [3.63, 3.8) is 0 Å². The van der Waals surface area contributed by atoms with Crippen LogP contribution < -0.4 is 10.6 Å². The van der Waals surface area contributed by atoms with Crippen molar-refractivity contribution in [2.75, 3.05) is 26.2 Å². The van der Waals surface area contributed by atoms with E-state index in [9.17, 15) is 0 Å². The molecule has 0 spiro atoms. The van der Waals surface area contributed by atoms with E-state index in [1.165, 1.54) is 17.5 Å². The number of hydrogen-bond donors (Lipinski definition) is 2. The summed E-state index contributed by atoms with van der Waals surface area (Å²) in [6.07, 6.45) is 2.77. The van der Waals surface area contributed by atoms with Gasteiger partial charge in [0.25, 0.3) is 0 Å². The highest BCUT2D eigenvalue weighted by molar-refractivity contribution is 5.32. The first-order valence-electron chi connectivity index (χ1n) is 7.48. The van der Waals surface area contributed by atoms with Crippen molar-refractivity contribution in [3.8, 4) is 0 Å². The Labute approximate surface area is 115 Å². The summed E-state index contributed by atoms with van der Waals surface area (Å²) >= 11 is 0. The van der Waals surface area contributed by atoms with Crippen molar-refractivity contribution < 1.29 is 4.74 Å². The molecule has 2 heterocycles. The fourth-order valence-corrected chi connectivity index (χ4v) is 3.23. The molecule has 2 aliphatic rings. The van der Waals surface area contributed by atoms with Gasteiger partial charge in [-0.2, -0.15) is 0 Å². The third-order valence-electron chi connectivity index (χ3n) is 4.50. The minimum atomic E-state index is 0.416. The summed E-state index contributed by atoms with van der Waals surface area (Å²) in [5.41, 5.74) is 2.97. The van der Waals surface area contributed by atoms with Gasteiger partial charge in [-0.15, -0.1) is 0 Å². The van der Waals surface area contributed by atoms with Crippen LogP contribution in [0.25, 0.3) is 0 Å². The average molecular weight is 260 g/mol. The lowest BCUT2D eigenvalue weighted by atomic mass is 9.94. The Morgan fingerprint density at radius 3 is 3.05 bits per heavy atom. The lowest BCUT2D eigenvalue weighted by molar-refractivity contribution is 0.105. The number of nitrogens with one attached hydrogen (secondary N) is 2. The molecule has 1 aromatic carbocycles. The molecule has 0 aliphatic carbocycles. The van der Waals surface area contributed by atoms with E-state index in [4.69, 9.17) is 4.74 Å². The van der Waals surface area contributed by atoms with E-state index in [0.717, 1.165) is 32.7 Å². The van der Waals surface area contributed by atoms with E-state index in [2.05, 4.69) is 41.8 Å². The molecule has 19 heavy (non-hydrogen) atoms. The van der Waals surface area contributed by atoms with Crippen LogP contribution in [0.3, 0.4) is 0 Å². The van der Waals surface area contributed by atoms with Crippen LogP contribution in [0.5, 0.6) is 0 Å². The zero-order chi connectivity index (χ0) is 13.1. The molecular weight excluding hydrogens is 236 g/mol. The first-order valence-corrected chi connectivity index (χ1v) is 7.48.